The molecule has 0 amide bonds. The smallest absolute Gasteiger partial charge is 0.416 e. The molecule has 31 heavy (non-hydrogen) atoms. The number of halogens is 4. The van der Waals surface area contributed by atoms with E-state index < -0.39 is 11.7 Å². The number of alkyl halides is 3. The largest absolute Gasteiger partial charge is 0.466 e. The van der Waals surface area contributed by atoms with E-state index in [1.807, 2.05) is 0 Å². The molecule has 0 atom stereocenters. The fourth-order valence-corrected chi connectivity index (χ4v) is 3.38. The molecule has 0 unspecified atom stereocenters. The topological polar surface area (TPSA) is 76.5 Å². The number of rotatable bonds is 7. The molecule has 0 aliphatic rings. The van der Waals surface area contributed by atoms with Crippen molar-refractivity contribution < 1.29 is 22.7 Å². The first kappa shape index (κ1) is 22.7. The number of hydrogen-bond donors (Lipinski definition) is 1. The van der Waals surface area contributed by atoms with Gasteiger partial charge in [-0.05, 0) is 24.6 Å². The van der Waals surface area contributed by atoms with Crippen molar-refractivity contribution in [2.24, 2.45) is 5.10 Å². The zero-order chi connectivity index (χ0) is 22.4. The number of nitrogens with zero attached hydrogens (tertiary/aromatic N) is 3. The first-order chi connectivity index (χ1) is 14.7. The minimum atomic E-state index is -4.51. The van der Waals surface area contributed by atoms with Crippen molar-refractivity contribution >= 4 is 40.3 Å². The van der Waals surface area contributed by atoms with Crippen LogP contribution < -0.4 is 5.43 Å². The van der Waals surface area contributed by atoms with Crippen molar-refractivity contribution in [2.75, 3.05) is 12.0 Å². The highest BCUT2D eigenvalue weighted by Crippen LogP contribution is 2.33. The lowest BCUT2D eigenvalue weighted by molar-refractivity contribution is -0.142. The van der Waals surface area contributed by atoms with Gasteiger partial charge in [-0.1, -0.05) is 35.9 Å². The number of pyridine rings is 1. The van der Waals surface area contributed by atoms with E-state index in [2.05, 4.69) is 20.5 Å². The van der Waals surface area contributed by atoms with Gasteiger partial charge < -0.3 is 4.74 Å². The van der Waals surface area contributed by atoms with Gasteiger partial charge in [0.1, 0.15) is 5.15 Å². The summed E-state index contributed by atoms with van der Waals surface area (Å²) in [5, 5.41) is 6.09. The van der Waals surface area contributed by atoms with E-state index in [-0.39, 0.29) is 23.2 Å². The van der Waals surface area contributed by atoms with Crippen LogP contribution in [0.15, 0.2) is 46.9 Å². The van der Waals surface area contributed by atoms with Crippen LogP contribution in [0.3, 0.4) is 0 Å². The number of carbonyl (C=O) groups excluding carboxylic acids is 1. The number of hydrazone groups is 1. The summed E-state index contributed by atoms with van der Waals surface area (Å²) in [5.41, 5.74) is 3.81. The monoisotopic (exact) mass is 468 g/mol. The Morgan fingerprint density at radius 1 is 1.26 bits per heavy atom. The molecule has 0 aliphatic carbocycles. The normalized spacial score (nSPS) is 11.6. The summed E-state index contributed by atoms with van der Waals surface area (Å²) >= 11 is 7.03. The van der Waals surface area contributed by atoms with Crippen LogP contribution in [-0.4, -0.2) is 28.8 Å². The van der Waals surface area contributed by atoms with Crippen LogP contribution in [0.5, 0.6) is 0 Å². The number of benzene rings is 1. The average molecular weight is 469 g/mol. The Balaban J connectivity index is 1.64. The van der Waals surface area contributed by atoms with Crippen LogP contribution in [0.1, 0.15) is 23.7 Å². The molecule has 11 heteroatoms. The van der Waals surface area contributed by atoms with E-state index in [1.165, 1.54) is 17.6 Å². The lowest BCUT2D eigenvalue weighted by Crippen LogP contribution is -2.07. The van der Waals surface area contributed by atoms with Gasteiger partial charge in [0.15, 0.2) is 0 Å². The molecule has 1 N–H and O–H groups in total. The fraction of sp³-hybridized carbons (Fsp3) is 0.200. The second kappa shape index (κ2) is 9.88. The standard InChI is InChI=1S/C20H16ClF3N4O2S/c1-2-30-18(29)9-15-11-31-19(26-15)28-25-10-12-3-5-13(6-4-12)16-7-14(20(22,23)24)8-17(21)27-16/h3-8,10-11H,2,9H2,1H3,(H,26,28). The molecule has 0 bridgehead atoms. The van der Waals surface area contributed by atoms with Gasteiger partial charge in [-0.15, -0.1) is 11.3 Å². The molecule has 2 aromatic heterocycles. The third-order valence-electron chi connectivity index (χ3n) is 3.88. The summed E-state index contributed by atoms with van der Waals surface area (Å²) in [6.45, 7) is 2.05. The quantitative estimate of drug-likeness (QED) is 0.216. The molecule has 6 nitrogen and oxygen atoms in total. The van der Waals surface area contributed by atoms with Crippen LogP contribution >= 0.6 is 22.9 Å². The highest BCUT2D eigenvalue weighted by molar-refractivity contribution is 7.13. The molecule has 0 saturated heterocycles. The van der Waals surface area contributed by atoms with Crippen molar-refractivity contribution in [3.8, 4) is 11.3 Å². The number of ether oxygens (including phenoxy) is 1. The van der Waals surface area contributed by atoms with Gasteiger partial charge in [0.25, 0.3) is 0 Å². The van der Waals surface area contributed by atoms with Gasteiger partial charge >= 0.3 is 12.1 Å². The van der Waals surface area contributed by atoms with Crippen molar-refractivity contribution in [1.82, 2.24) is 9.97 Å². The van der Waals surface area contributed by atoms with Gasteiger partial charge in [0.05, 0.1) is 36.2 Å². The minimum Gasteiger partial charge on any atom is -0.466 e. The first-order valence-electron chi connectivity index (χ1n) is 8.99. The van der Waals surface area contributed by atoms with Gasteiger partial charge in [-0.25, -0.2) is 9.97 Å². The molecule has 2 heterocycles. The minimum absolute atomic E-state index is 0.0881. The van der Waals surface area contributed by atoms with Gasteiger partial charge in [-0.2, -0.15) is 18.3 Å². The third-order valence-corrected chi connectivity index (χ3v) is 4.87. The van der Waals surface area contributed by atoms with Crippen LogP contribution in [0.4, 0.5) is 18.3 Å². The number of esters is 1. The molecular weight excluding hydrogens is 453 g/mol. The third kappa shape index (κ3) is 6.50. The number of thiazole rings is 1. The second-order valence-electron chi connectivity index (χ2n) is 6.18. The molecule has 0 radical (unpaired) electrons. The number of hydrogen-bond acceptors (Lipinski definition) is 7. The van der Waals surface area contributed by atoms with Gasteiger partial charge in [0.2, 0.25) is 5.13 Å². The maximum atomic E-state index is 13.0. The van der Waals surface area contributed by atoms with E-state index in [1.54, 1.807) is 36.6 Å². The van der Waals surface area contributed by atoms with E-state index in [9.17, 15) is 18.0 Å². The van der Waals surface area contributed by atoms with E-state index >= 15 is 0 Å². The first-order valence-corrected chi connectivity index (χ1v) is 10.2. The molecule has 3 aromatic rings. The van der Waals surface area contributed by atoms with Crippen molar-refractivity contribution in [1.29, 1.82) is 0 Å². The molecule has 162 valence electrons. The highest BCUT2D eigenvalue weighted by atomic mass is 35.5. The van der Waals surface area contributed by atoms with Crippen LogP contribution in [0, 0.1) is 0 Å². The summed E-state index contributed by atoms with van der Waals surface area (Å²) in [7, 11) is 0. The van der Waals surface area contributed by atoms with Crippen LogP contribution in [0.25, 0.3) is 11.3 Å². The SMILES string of the molecule is CCOC(=O)Cc1csc(NN=Cc2ccc(-c3cc(C(F)(F)F)cc(Cl)n3)cc2)n1. The van der Waals surface area contributed by atoms with E-state index in [0.717, 1.165) is 12.1 Å². The molecule has 1 aromatic carbocycles. The van der Waals surface area contributed by atoms with Crippen LogP contribution in [0.2, 0.25) is 5.15 Å². The summed E-state index contributed by atoms with van der Waals surface area (Å²) in [5.74, 6) is -0.348. The van der Waals surface area contributed by atoms with E-state index in [4.69, 9.17) is 16.3 Å². The summed E-state index contributed by atoms with van der Waals surface area (Å²) < 4.78 is 43.8. The predicted octanol–water partition coefficient (Wildman–Crippen LogP) is 5.43. The molecule has 0 saturated carbocycles. The number of nitrogens with one attached hydrogen (secondary N) is 1. The van der Waals surface area contributed by atoms with E-state index in [0.29, 0.717) is 28.6 Å². The fourth-order valence-electron chi connectivity index (χ4n) is 2.51. The Morgan fingerprint density at radius 3 is 2.68 bits per heavy atom. The Morgan fingerprint density at radius 2 is 2.00 bits per heavy atom. The molecular formula is C20H16ClF3N4O2S. The summed E-state index contributed by atoms with van der Waals surface area (Å²) in [6.07, 6.45) is -2.89. The van der Waals surface area contributed by atoms with Crippen molar-refractivity contribution in [2.45, 2.75) is 19.5 Å². The maximum Gasteiger partial charge on any atom is 0.416 e. The number of carbonyl (C=O) groups is 1. The summed E-state index contributed by atoms with van der Waals surface area (Å²) in [6, 6.07) is 8.36. The number of aromatic nitrogens is 2. The molecule has 0 fully saturated rings. The molecule has 0 aliphatic heterocycles. The molecule has 0 spiro atoms. The Bertz CT molecular complexity index is 1080. The lowest BCUT2D eigenvalue weighted by atomic mass is 10.1. The van der Waals surface area contributed by atoms with Crippen molar-refractivity contribution in [3.63, 3.8) is 0 Å². The zero-order valence-electron chi connectivity index (χ0n) is 16.1. The second-order valence-corrected chi connectivity index (χ2v) is 7.42. The van der Waals surface area contributed by atoms with Gasteiger partial charge in [0, 0.05) is 10.9 Å². The van der Waals surface area contributed by atoms with Crippen molar-refractivity contribution in [3.05, 3.63) is 63.8 Å². The summed E-state index contributed by atoms with van der Waals surface area (Å²) in [4.78, 5) is 19.7. The average Bonchev–Trinajstić information content (AvgIpc) is 3.14. The Hall–Kier alpha value is -2.98. The predicted molar refractivity (Wildman–Crippen MR) is 113 cm³/mol. The molecule has 3 rings (SSSR count). The van der Waals surface area contributed by atoms with Crippen LogP contribution in [-0.2, 0) is 22.1 Å². The Kier molecular flexibility index (Phi) is 7.24. The van der Waals surface area contributed by atoms with Gasteiger partial charge in [-0.3, -0.25) is 10.2 Å². The maximum absolute atomic E-state index is 13.0. The Labute approximate surface area is 184 Å². The lowest BCUT2D eigenvalue weighted by Gasteiger charge is -2.09. The zero-order valence-corrected chi connectivity index (χ0v) is 17.7. The number of anilines is 1. The highest BCUT2D eigenvalue weighted by Gasteiger charge is 2.31.